The summed E-state index contributed by atoms with van der Waals surface area (Å²) in [6.45, 7) is 4.66. The first-order valence-corrected chi connectivity index (χ1v) is 10.4. The topological polar surface area (TPSA) is 42.4 Å². The molecule has 27 heavy (non-hydrogen) atoms. The van der Waals surface area contributed by atoms with Crippen molar-refractivity contribution in [2.24, 2.45) is 0 Å². The van der Waals surface area contributed by atoms with Gasteiger partial charge in [0.1, 0.15) is 5.75 Å². The van der Waals surface area contributed by atoms with Gasteiger partial charge in [0.25, 0.3) is 5.91 Å². The summed E-state index contributed by atoms with van der Waals surface area (Å²) in [5.74, 6) is 0.656. The van der Waals surface area contributed by atoms with E-state index < -0.39 is 6.10 Å². The lowest BCUT2D eigenvalue weighted by Gasteiger charge is -2.24. The lowest BCUT2D eigenvalue weighted by atomic mass is 10.2. The van der Waals surface area contributed by atoms with Crippen molar-refractivity contribution in [3.05, 3.63) is 54.6 Å². The number of ether oxygens (including phenoxy) is 1. The number of carbonyl (C=O) groups is 1. The fraction of sp³-hybridized carbons (Fsp3) is 0.364. The minimum atomic E-state index is -0.564. The number of aromatic nitrogens is 1. The first-order valence-electron chi connectivity index (χ1n) is 9.57. The number of nitrogens with zero attached hydrogens (tertiary/aromatic N) is 2. The van der Waals surface area contributed by atoms with Crippen molar-refractivity contribution < 1.29 is 9.53 Å². The summed E-state index contributed by atoms with van der Waals surface area (Å²) in [5, 5.41) is 0.751. The second-order valence-electron chi connectivity index (χ2n) is 6.59. The SMILES string of the molecule is CCCCCCN(C(=O)C(C)Oc1ccccc1)c1nc2ccccc2s1. The Bertz CT molecular complexity index is 830. The van der Waals surface area contributed by atoms with Gasteiger partial charge in [-0.25, -0.2) is 4.98 Å². The molecule has 1 atom stereocenters. The van der Waals surface area contributed by atoms with Crippen molar-refractivity contribution in [3.8, 4) is 5.75 Å². The Hall–Kier alpha value is -2.40. The Labute approximate surface area is 164 Å². The number of thiazole rings is 1. The predicted octanol–water partition coefficient (Wildman–Crippen LogP) is 5.68. The van der Waals surface area contributed by atoms with E-state index in [2.05, 4.69) is 6.92 Å². The molecule has 0 fully saturated rings. The Morgan fingerprint density at radius 2 is 1.81 bits per heavy atom. The first-order chi connectivity index (χ1) is 13.2. The van der Waals surface area contributed by atoms with Gasteiger partial charge in [-0.2, -0.15) is 0 Å². The molecule has 0 radical (unpaired) electrons. The summed E-state index contributed by atoms with van der Waals surface area (Å²) < 4.78 is 6.96. The van der Waals surface area contributed by atoms with Gasteiger partial charge in [0.15, 0.2) is 11.2 Å². The Morgan fingerprint density at radius 1 is 1.07 bits per heavy atom. The quantitative estimate of drug-likeness (QED) is 0.447. The van der Waals surface area contributed by atoms with Crippen LogP contribution < -0.4 is 9.64 Å². The van der Waals surface area contributed by atoms with E-state index >= 15 is 0 Å². The zero-order valence-electron chi connectivity index (χ0n) is 15.9. The molecule has 5 heteroatoms. The Morgan fingerprint density at radius 3 is 2.56 bits per heavy atom. The van der Waals surface area contributed by atoms with Gasteiger partial charge in [-0.3, -0.25) is 9.69 Å². The molecule has 3 rings (SSSR count). The van der Waals surface area contributed by atoms with Gasteiger partial charge in [-0.1, -0.05) is 67.9 Å². The van der Waals surface area contributed by atoms with E-state index in [4.69, 9.17) is 9.72 Å². The number of benzene rings is 2. The molecule has 0 bridgehead atoms. The van der Waals surface area contributed by atoms with E-state index in [1.54, 1.807) is 16.2 Å². The second-order valence-corrected chi connectivity index (χ2v) is 7.60. The third-order valence-electron chi connectivity index (χ3n) is 4.42. The third kappa shape index (κ3) is 5.07. The van der Waals surface area contributed by atoms with Gasteiger partial charge in [0.2, 0.25) is 0 Å². The number of para-hydroxylation sites is 2. The van der Waals surface area contributed by atoms with Gasteiger partial charge >= 0.3 is 0 Å². The highest BCUT2D eigenvalue weighted by Gasteiger charge is 2.25. The summed E-state index contributed by atoms with van der Waals surface area (Å²) in [6.07, 6.45) is 3.86. The number of rotatable bonds is 9. The van der Waals surface area contributed by atoms with E-state index in [-0.39, 0.29) is 5.91 Å². The number of carbonyl (C=O) groups excluding carboxylic acids is 1. The van der Waals surface area contributed by atoms with Gasteiger partial charge in [-0.15, -0.1) is 0 Å². The number of unbranched alkanes of at least 4 members (excludes halogenated alkanes) is 3. The standard InChI is InChI=1S/C22H26N2O2S/c1-3-4-5-11-16-24(22-23-19-14-9-10-15-20(19)27-22)21(25)17(2)26-18-12-7-6-8-13-18/h6-10,12-15,17H,3-5,11,16H2,1-2H3. The third-order valence-corrected chi connectivity index (χ3v) is 5.48. The van der Waals surface area contributed by atoms with Crippen LogP contribution in [0, 0.1) is 0 Å². The average Bonchev–Trinajstić information content (AvgIpc) is 3.12. The van der Waals surface area contributed by atoms with Crippen molar-refractivity contribution in [1.29, 1.82) is 0 Å². The molecule has 0 N–H and O–H groups in total. The summed E-state index contributed by atoms with van der Waals surface area (Å²) >= 11 is 1.56. The molecule has 4 nitrogen and oxygen atoms in total. The van der Waals surface area contributed by atoms with Crippen LogP contribution in [-0.4, -0.2) is 23.5 Å². The van der Waals surface area contributed by atoms with E-state index in [9.17, 15) is 4.79 Å². The van der Waals surface area contributed by atoms with Gasteiger partial charge in [0, 0.05) is 6.54 Å². The van der Waals surface area contributed by atoms with Crippen molar-refractivity contribution >= 4 is 32.6 Å². The van der Waals surface area contributed by atoms with Gasteiger partial charge in [0.05, 0.1) is 10.2 Å². The summed E-state index contributed by atoms with van der Waals surface area (Å²) in [6, 6.07) is 17.5. The fourth-order valence-corrected chi connectivity index (χ4v) is 3.94. The maximum absolute atomic E-state index is 13.2. The molecule has 0 saturated carbocycles. The van der Waals surface area contributed by atoms with Gasteiger partial charge < -0.3 is 4.74 Å². The number of anilines is 1. The predicted molar refractivity (Wildman–Crippen MR) is 113 cm³/mol. The zero-order chi connectivity index (χ0) is 19.1. The minimum Gasteiger partial charge on any atom is -0.481 e. The minimum absolute atomic E-state index is 0.0468. The van der Waals surface area contributed by atoms with Crippen LogP contribution in [0.15, 0.2) is 54.6 Å². The van der Waals surface area contributed by atoms with Crippen molar-refractivity contribution in [1.82, 2.24) is 4.98 Å². The number of hydrogen-bond donors (Lipinski definition) is 0. The van der Waals surface area contributed by atoms with E-state index in [0.717, 1.165) is 28.2 Å². The molecule has 0 aliphatic heterocycles. The number of hydrogen-bond acceptors (Lipinski definition) is 4. The van der Waals surface area contributed by atoms with E-state index in [1.807, 2.05) is 61.5 Å². The molecule has 1 amide bonds. The highest BCUT2D eigenvalue weighted by Crippen LogP contribution is 2.29. The highest BCUT2D eigenvalue weighted by atomic mass is 32.1. The lowest BCUT2D eigenvalue weighted by Crippen LogP contribution is -2.41. The van der Waals surface area contributed by atoms with E-state index in [1.165, 1.54) is 12.8 Å². The van der Waals surface area contributed by atoms with Gasteiger partial charge in [-0.05, 0) is 37.6 Å². The maximum atomic E-state index is 13.2. The molecule has 1 aromatic heterocycles. The van der Waals surface area contributed by atoms with Crippen molar-refractivity contribution in [2.75, 3.05) is 11.4 Å². The van der Waals surface area contributed by atoms with Crippen molar-refractivity contribution in [3.63, 3.8) is 0 Å². The molecule has 2 aromatic carbocycles. The number of amides is 1. The molecule has 1 heterocycles. The molecule has 1 unspecified atom stereocenters. The summed E-state index contributed by atoms with van der Waals surface area (Å²) in [4.78, 5) is 19.6. The molecular weight excluding hydrogens is 356 g/mol. The second kappa shape index (κ2) is 9.51. The molecule has 0 aliphatic carbocycles. The van der Waals surface area contributed by atoms with Crippen LogP contribution in [0.3, 0.4) is 0 Å². The molecule has 0 aliphatic rings. The fourth-order valence-electron chi connectivity index (χ4n) is 2.95. The first kappa shape index (κ1) is 19.4. The lowest BCUT2D eigenvalue weighted by molar-refractivity contribution is -0.124. The summed E-state index contributed by atoms with van der Waals surface area (Å²) in [7, 11) is 0. The molecule has 0 saturated heterocycles. The van der Waals surface area contributed by atoms with E-state index in [0.29, 0.717) is 12.3 Å². The summed E-state index contributed by atoms with van der Waals surface area (Å²) in [5.41, 5.74) is 0.931. The van der Waals surface area contributed by atoms with Crippen LogP contribution in [0.5, 0.6) is 5.75 Å². The van der Waals surface area contributed by atoms with Crippen LogP contribution >= 0.6 is 11.3 Å². The molecule has 142 valence electrons. The van der Waals surface area contributed by atoms with Crippen LogP contribution in [-0.2, 0) is 4.79 Å². The molecular formula is C22H26N2O2S. The molecule has 0 spiro atoms. The Kier molecular flexibility index (Phi) is 6.82. The monoisotopic (exact) mass is 382 g/mol. The number of fused-ring (bicyclic) bond motifs is 1. The van der Waals surface area contributed by atoms with Crippen LogP contribution in [0.25, 0.3) is 10.2 Å². The highest BCUT2D eigenvalue weighted by molar-refractivity contribution is 7.22. The Balaban J connectivity index is 1.78. The zero-order valence-corrected chi connectivity index (χ0v) is 16.7. The average molecular weight is 383 g/mol. The molecule has 3 aromatic rings. The smallest absolute Gasteiger partial charge is 0.269 e. The van der Waals surface area contributed by atoms with Crippen LogP contribution in [0.1, 0.15) is 39.5 Å². The van der Waals surface area contributed by atoms with Crippen molar-refractivity contribution in [2.45, 2.75) is 45.6 Å². The largest absolute Gasteiger partial charge is 0.481 e. The maximum Gasteiger partial charge on any atom is 0.269 e. The van der Waals surface area contributed by atoms with Crippen LogP contribution in [0.4, 0.5) is 5.13 Å². The van der Waals surface area contributed by atoms with Crippen LogP contribution in [0.2, 0.25) is 0 Å². The normalized spacial score (nSPS) is 12.1.